The lowest BCUT2D eigenvalue weighted by Gasteiger charge is -2.20. The van der Waals surface area contributed by atoms with E-state index in [0.717, 1.165) is 22.9 Å². The predicted octanol–water partition coefficient (Wildman–Crippen LogP) is 1.73. The summed E-state index contributed by atoms with van der Waals surface area (Å²) in [6.07, 6.45) is 1.04. The zero-order valence-electron chi connectivity index (χ0n) is 13.2. The van der Waals surface area contributed by atoms with Gasteiger partial charge < -0.3 is 10.3 Å². The fraction of sp³-hybridized carbons (Fsp3) is 0.467. The maximum Gasteiger partial charge on any atom is 0.235 e. The Bertz CT molecular complexity index is 793. The SMILES string of the molecule is Cc1ccc2nc([C@@H](NC(=O)CS(C)(=O)=O)C(C)C)[nH]c2c1. The van der Waals surface area contributed by atoms with E-state index in [4.69, 9.17) is 0 Å². The summed E-state index contributed by atoms with van der Waals surface area (Å²) < 4.78 is 22.4. The molecule has 0 saturated carbocycles. The second-order valence-corrected chi connectivity index (χ2v) is 8.14. The lowest BCUT2D eigenvalue weighted by atomic mass is 10.0. The topological polar surface area (TPSA) is 91.9 Å². The average molecular weight is 323 g/mol. The van der Waals surface area contributed by atoms with Crippen LogP contribution in [0.25, 0.3) is 11.0 Å². The van der Waals surface area contributed by atoms with Crippen molar-refractivity contribution in [2.75, 3.05) is 12.0 Å². The van der Waals surface area contributed by atoms with Gasteiger partial charge in [-0.2, -0.15) is 0 Å². The molecule has 2 aromatic rings. The highest BCUT2D eigenvalue weighted by Crippen LogP contribution is 2.22. The molecule has 120 valence electrons. The number of benzene rings is 1. The fourth-order valence-corrected chi connectivity index (χ4v) is 2.85. The normalized spacial score (nSPS) is 13.5. The van der Waals surface area contributed by atoms with Gasteiger partial charge in [0.1, 0.15) is 11.6 Å². The molecule has 0 radical (unpaired) electrons. The van der Waals surface area contributed by atoms with Crippen molar-refractivity contribution in [3.63, 3.8) is 0 Å². The summed E-state index contributed by atoms with van der Waals surface area (Å²) >= 11 is 0. The van der Waals surface area contributed by atoms with Gasteiger partial charge in [-0.3, -0.25) is 4.79 Å². The van der Waals surface area contributed by atoms with Gasteiger partial charge in [-0.05, 0) is 30.5 Å². The number of hydrogen-bond donors (Lipinski definition) is 2. The van der Waals surface area contributed by atoms with Crippen LogP contribution in [-0.2, 0) is 14.6 Å². The van der Waals surface area contributed by atoms with Crippen LogP contribution in [0.3, 0.4) is 0 Å². The predicted molar refractivity (Wildman–Crippen MR) is 86.3 cm³/mol. The minimum absolute atomic E-state index is 0.0742. The number of H-pyrrole nitrogens is 1. The molecule has 1 aromatic carbocycles. The zero-order chi connectivity index (χ0) is 16.5. The number of hydrogen-bond acceptors (Lipinski definition) is 4. The molecule has 22 heavy (non-hydrogen) atoms. The molecule has 1 aromatic heterocycles. The van der Waals surface area contributed by atoms with Crippen molar-refractivity contribution in [2.45, 2.75) is 26.8 Å². The summed E-state index contributed by atoms with van der Waals surface area (Å²) in [6.45, 7) is 5.89. The zero-order valence-corrected chi connectivity index (χ0v) is 14.0. The van der Waals surface area contributed by atoms with E-state index >= 15 is 0 Å². The first kappa shape index (κ1) is 16.5. The van der Waals surface area contributed by atoms with Crippen molar-refractivity contribution in [3.8, 4) is 0 Å². The number of aromatic nitrogens is 2. The number of amides is 1. The summed E-state index contributed by atoms with van der Waals surface area (Å²) in [7, 11) is -3.35. The third-order valence-electron chi connectivity index (χ3n) is 3.33. The van der Waals surface area contributed by atoms with Gasteiger partial charge >= 0.3 is 0 Å². The van der Waals surface area contributed by atoms with Crippen LogP contribution in [0, 0.1) is 12.8 Å². The van der Waals surface area contributed by atoms with E-state index in [0.29, 0.717) is 5.82 Å². The largest absolute Gasteiger partial charge is 0.345 e. The molecular formula is C15H21N3O3S. The highest BCUT2D eigenvalue weighted by molar-refractivity contribution is 7.91. The standard InChI is InChI=1S/C15H21N3O3S/c1-9(2)14(18-13(19)8-22(4,20)21)15-16-11-6-5-10(3)7-12(11)17-15/h5-7,9,14H,8H2,1-4H3,(H,16,17)(H,18,19)/t14-/m0/s1. The molecule has 1 heterocycles. The Morgan fingerprint density at radius 3 is 2.64 bits per heavy atom. The molecule has 0 aliphatic carbocycles. The number of aromatic amines is 1. The Labute approximate surface area is 130 Å². The minimum atomic E-state index is -3.35. The van der Waals surface area contributed by atoms with Gasteiger partial charge in [0.05, 0.1) is 17.1 Å². The van der Waals surface area contributed by atoms with Crippen LogP contribution in [-0.4, -0.2) is 36.3 Å². The Morgan fingerprint density at radius 2 is 2.05 bits per heavy atom. The summed E-state index contributed by atoms with van der Waals surface area (Å²) in [5.41, 5.74) is 2.84. The van der Waals surface area contributed by atoms with Crippen LogP contribution >= 0.6 is 0 Å². The summed E-state index contributed by atoms with van der Waals surface area (Å²) in [6, 6.07) is 5.52. The highest BCUT2D eigenvalue weighted by atomic mass is 32.2. The first-order valence-electron chi connectivity index (χ1n) is 7.09. The van der Waals surface area contributed by atoms with Crippen LogP contribution < -0.4 is 5.32 Å². The lowest BCUT2D eigenvalue weighted by Crippen LogP contribution is -2.36. The first-order chi connectivity index (χ1) is 10.2. The molecule has 0 spiro atoms. The van der Waals surface area contributed by atoms with Crippen molar-refractivity contribution in [3.05, 3.63) is 29.6 Å². The molecule has 1 atom stereocenters. The van der Waals surface area contributed by atoms with Gasteiger partial charge in [-0.25, -0.2) is 13.4 Å². The number of nitrogens with one attached hydrogen (secondary N) is 2. The number of rotatable bonds is 5. The third kappa shape index (κ3) is 4.07. The average Bonchev–Trinajstić information content (AvgIpc) is 2.75. The van der Waals surface area contributed by atoms with Crippen LogP contribution in [0.4, 0.5) is 0 Å². The van der Waals surface area contributed by atoms with Gasteiger partial charge in [0.15, 0.2) is 9.84 Å². The molecule has 0 unspecified atom stereocenters. The maximum absolute atomic E-state index is 11.9. The Balaban J connectivity index is 2.28. The number of sulfone groups is 1. The number of carbonyl (C=O) groups excluding carboxylic acids is 1. The number of aryl methyl sites for hydroxylation is 1. The van der Waals surface area contributed by atoms with Gasteiger partial charge in [0.2, 0.25) is 5.91 Å². The molecule has 2 N–H and O–H groups in total. The number of nitrogens with zero attached hydrogens (tertiary/aromatic N) is 1. The number of fused-ring (bicyclic) bond motifs is 1. The van der Waals surface area contributed by atoms with E-state index in [1.807, 2.05) is 39.0 Å². The molecular weight excluding hydrogens is 302 g/mol. The quantitative estimate of drug-likeness (QED) is 0.876. The summed E-state index contributed by atoms with van der Waals surface area (Å²) in [4.78, 5) is 19.6. The minimum Gasteiger partial charge on any atom is -0.345 e. The van der Waals surface area contributed by atoms with E-state index in [9.17, 15) is 13.2 Å². The van der Waals surface area contributed by atoms with E-state index in [2.05, 4.69) is 15.3 Å². The molecule has 6 nitrogen and oxygen atoms in total. The van der Waals surface area contributed by atoms with Crippen LogP contribution in [0.1, 0.15) is 31.3 Å². The van der Waals surface area contributed by atoms with E-state index in [1.165, 1.54) is 0 Å². The Hall–Kier alpha value is -1.89. The fourth-order valence-electron chi connectivity index (χ4n) is 2.29. The second-order valence-electron chi connectivity index (χ2n) is 6.00. The van der Waals surface area contributed by atoms with E-state index < -0.39 is 21.5 Å². The van der Waals surface area contributed by atoms with Crippen molar-refractivity contribution >= 4 is 26.8 Å². The van der Waals surface area contributed by atoms with Gasteiger partial charge in [0.25, 0.3) is 0 Å². The third-order valence-corrected chi connectivity index (χ3v) is 4.11. The highest BCUT2D eigenvalue weighted by Gasteiger charge is 2.23. The molecule has 0 aliphatic rings. The molecule has 0 saturated heterocycles. The number of carbonyl (C=O) groups is 1. The summed E-state index contributed by atoms with van der Waals surface area (Å²) in [5, 5.41) is 2.75. The van der Waals surface area contributed by atoms with Gasteiger partial charge in [0, 0.05) is 6.26 Å². The van der Waals surface area contributed by atoms with Crippen LogP contribution in [0.2, 0.25) is 0 Å². The van der Waals surface area contributed by atoms with E-state index in [1.54, 1.807) is 0 Å². The van der Waals surface area contributed by atoms with Crippen molar-refractivity contribution in [2.24, 2.45) is 5.92 Å². The molecule has 7 heteroatoms. The second kappa shape index (κ2) is 6.08. The monoisotopic (exact) mass is 323 g/mol. The lowest BCUT2D eigenvalue weighted by molar-refractivity contribution is -0.119. The first-order valence-corrected chi connectivity index (χ1v) is 9.15. The van der Waals surface area contributed by atoms with Crippen LogP contribution in [0.5, 0.6) is 0 Å². The smallest absolute Gasteiger partial charge is 0.235 e. The Kier molecular flexibility index (Phi) is 4.55. The van der Waals surface area contributed by atoms with Crippen molar-refractivity contribution in [1.82, 2.24) is 15.3 Å². The number of imidazole rings is 1. The molecule has 1 amide bonds. The molecule has 0 aliphatic heterocycles. The summed E-state index contributed by atoms with van der Waals surface area (Å²) in [5.74, 6) is -0.323. The van der Waals surface area contributed by atoms with Crippen molar-refractivity contribution in [1.29, 1.82) is 0 Å². The van der Waals surface area contributed by atoms with Gasteiger partial charge in [-0.1, -0.05) is 19.9 Å². The van der Waals surface area contributed by atoms with Gasteiger partial charge in [-0.15, -0.1) is 0 Å². The maximum atomic E-state index is 11.9. The van der Waals surface area contributed by atoms with Crippen LogP contribution in [0.15, 0.2) is 18.2 Å². The molecule has 0 bridgehead atoms. The van der Waals surface area contributed by atoms with E-state index in [-0.39, 0.29) is 12.0 Å². The Morgan fingerprint density at radius 1 is 1.36 bits per heavy atom. The van der Waals surface area contributed by atoms with Crippen molar-refractivity contribution < 1.29 is 13.2 Å². The molecule has 0 fully saturated rings. The molecule has 2 rings (SSSR count).